The first-order valence-electron chi connectivity index (χ1n) is 8.93. The molecule has 1 aliphatic heterocycles. The highest BCUT2D eigenvalue weighted by atomic mass is 16.5. The molecule has 136 valence electrons. The average Bonchev–Trinajstić information content (AvgIpc) is 2.65. The molecule has 0 spiro atoms. The largest absolute Gasteiger partial charge is 0.490 e. The van der Waals surface area contributed by atoms with E-state index >= 15 is 0 Å². The molecule has 5 nitrogen and oxygen atoms in total. The van der Waals surface area contributed by atoms with Crippen LogP contribution in [0.15, 0.2) is 48.5 Å². The Morgan fingerprint density at radius 3 is 2.54 bits per heavy atom. The van der Waals surface area contributed by atoms with E-state index in [4.69, 9.17) is 4.74 Å². The van der Waals surface area contributed by atoms with Crippen molar-refractivity contribution in [3.8, 4) is 5.75 Å². The van der Waals surface area contributed by atoms with Gasteiger partial charge in [0.1, 0.15) is 5.75 Å². The molecule has 5 heteroatoms. The summed E-state index contributed by atoms with van der Waals surface area (Å²) in [4.78, 5) is 26.7. The first-order valence-corrected chi connectivity index (χ1v) is 8.93. The summed E-state index contributed by atoms with van der Waals surface area (Å²) in [5.41, 5.74) is 2.91. The normalized spacial score (nSPS) is 13.3. The van der Waals surface area contributed by atoms with E-state index < -0.39 is 0 Å². The number of rotatable bonds is 5. The van der Waals surface area contributed by atoms with Crippen LogP contribution in [0.5, 0.6) is 5.75 Å². The molecular weight excluding hydrogens is 328 g/mol. The van der Waals surface area contributed by atoms with Crippen LogP contribution in [-0.4, -0.2) is 35.9 Å². The van der Waals surface area contributed by atoms with E-state index in [1.54, 1.807) is 23.1 Å². The second-order valence-electron chi connectivity index (χ2n) is 6.68. The maximum Gasteiger partial charge on any atom is 0.255 e. The maximum atomic E-state index is 12.5. The molecule has 0 aromatic heterocycles. The average molecular weight is 352 g/mol. The molecule has 0 bridgehead atoms. The van der Waals surface area contributed by atoms with Crippen LogP contribution in [0, 0.1) is 0 Å². The van der Waals surface area contributed by atoms with Crippen molar-refractivity contribution in [3.05, 3.63) is 65.2 Å². The molecule has 1 aliphatic rings. The predicted octanol–water partition coefficient (Wildman–Crippen LogP) is 2.79. The van der Waals surface area contributed by atoms with Crippen molar-refractivity contribution in [2.24, 2.45) is 0 Å². The number of benzene rings is 2. The molecule has 0 aliphatic carbocycles. The lowest BCUT2D eigenvalue weighted by Crippen LogP contribution is -2.42. The van der Waals surface area contributed by atoms with Gasteiger partial charge in [-0.15, -0.1) is 0 Å². The van der Waals surface area contributed by atoms with Crippen LogP contribution in [0.4, 0.5) is 0 Å². The number of fused-ring (bicyclic) bond motifs is 1. The molecule has 1 heterocycles. The standard InChI is InChI=1S/C21H24N2O3/c1-15(2)26-19-10-6-5-9-18(19)21(25)22-13-20(24)23-12-11-16-7-3-4-8-17(16)14-23/h3-10,15H,11-14H2,1-2H3,(H,22,25). The molecule has 2 aromatic carbocycles. The number of nitrogens with one attached hydrogen (secondary N) is 1. The van der Waals surface area contributed by atoms with Crippen LogP contribution in [0.2, 0.25) is 0 Å². The topological polar surface area (TPSA) is 58.6 Å². The van der Waals surface area contributed by atoms with Gasteiger partial charge in [0.05, 0.1) is 18.2 Å². The first-order chi connectivity index (χ1) is 12.5. The number of hydrogen-bond donors (Lipinski definition) is 1. The highest BCUT2D eigenvalue weighted by Gasteiger charge is 2.21. The molecular formula is C21H24N2O3. The third-order valence-corrected chi connectivity index (χ3v) is 4.38. The van der Waals surface area contributed by atoms with Gasteiger partial charge < -0.3 is 15.0 Å². The highest BCUT2D eigenvalue weighted by molar-refractivity contribution is 5.98. The van der Waals surface area contributed by atoms with E-state index in [0.29, 0.717) is 24.4 Å². The lowest BCUT2D eigenvalue weighted by Gasteiger charge is -2.29. The van der Waals surface area contributed by atoms with Crippen molar-refractivity contribution < 1.29 is 14.3 Å². The smallest absolute Gasteiger partial charge is 0.255 e. The van der Waals surface area contributed by atoms with Gasteiger partial charge in [-0.25, -0.2) is 0 Å². The van der Waals surface area contributed by atoms with Crippen molar-refractivity contribution in [2.45, 2.75) is 32.9 Å². The summed E-state index contributed by atoms with van der Waals surface area (Å²) in [5, 5.41) is 2.72. The summed E-state index contributed by atoms with van der Waals surface area (Å²) in [6.07, 6.45) is 0.819. The lowest BCUT2D eigenvalue weighted by molar-refractivity contribution is -0.131. The van der Waals surface area contributed by atoms with Crippen LogP contribution >= 0.6 is 0 Å². The zero-order valence-electron chi connectivity index (χ0n) is 15.2. The minimum atomic E-state index is -0.299. The third-order valence-electron chi connectivity index (χ3n) is 4.38. The second-order valence-corrected chi connectivity index (χ2v) is 6.68. The highest BCUT2D eigenvalue weighted by Crippen LogP contribution is 2.20. The van der Waals surface area contributed by atoms with E-state index in [-0.39, 0.29) is 24.5 Å². The van der Waals surface area contributed by atoms with Crippen molar-refractivity contribution in [2.75, 3.05) is 13.1 Å². The minimum absolute atomic E-state index is 0.0169. The van der Waals surface area contributed by atoms with Gasteiger partial charge in [-0.2, -0.15) is 0 Å². The maximum absolute atomic E-state index is 12.5. The van der Waals surface area contributed by atoms with Gasteiger partial charge in [0, 0.05) is 13.1 Å². The molecule has 0 unspecified atom stereocenters. The van der Waals surface area contributed by atoms with E-state index in [0.717, 1.165) is 6.42 Å². The molecule has 2 amide bonds. The Morgan fingerprint density at radius 1 is 1.08 bits per heavy atom. The Bertz CT molecular complexity index is 801. The van der Waals surface area contributed by atoms with Crippen LogP contribution in [0.25, 0.3) is 0 Å². The third kappa shape index (κ3) is 4.23. The summed E-state index contributed by atoms with van der Waals surface area (Å²) < 4.78 is 5.67. The molecule has 26 heavy (non-hydrogen) atoms. The van der Waals surface area contributed by atoms with E-state index in [9.17, 15) is 9.59 Å². The number of hydrogen-bond acceptors (Lipinski definition) is 3. The fourth-order valence-electron chi connectivity index (χ4n) is 3.08. The molecule has 0 saturated heterocycles. The second kappa shape index (κ2) is 8.04. The monoisotopic (exact) mass is 352 g/mol. The van der Waals surface area contributed by atoms with E-state index in [1.807, 2.05) is 38.1 Å². The molecule has 0 radical (unpaired) electrons. The van der Waals surface area contributed by atoms with Gasteiger partial charge in [-0.1, -0.05) is 36.4 Å². The van der Waals surface area contributed by atoms with Crippen LogP contribution in [0.1, 0.15) is 35.3 Å². The van der Waals surface area contributed by atoms with Gasteiger partial charge in [0.25, 0.3) is 5.91 Å². The van der Waals surface area contributed by atoms with Crippen LogP contribution in [0.3, 0.4) is 0 Å². The number of carbonyl (C=O) groups is 2. The Morgan fingerprint density at radius 2 is 1.77 bits per heavy atom. The number of ether oxygens (including phenoxy) is 1. The fourth-order valence-corrected chi connectivity index (χ4v) is 3.08. The molecule has 3 rings (SSSR count). The van der Waals surface area contributed by atoms with Crippen molar-refractivity contribution >= 4 is 11.8 Å². The molecule has 1 N–H and O–H groups in total. The summed E-state index contributed by atoms with van der Waals surface area (Å²) in [7, 11) is 0. The Hall–Kier alpha value is -2.82. The molecule has 0 saturated carbocycles. The first kappa shape index (κ1) is 18.0. The summed E-state index contributed by atoms with van der Waals surface area (Å²) in [6, 6.07) is 15.2. The quantitative estimate of drug-likeness (QED) is 0.900. The van der Waals surface area contributed by atoms with E-state index in [2.05, 4.69) is 11.4 Å². The number of carbonyl (C=O) groups excluding carboxylic acids is 2. The van der Waals surface area contributed by atoms with Gasteiger partial charge in [-0.05, 0) is 43.5 Å². The Kier molecular flexibility index (Phi) is 5.56. The summed E-state index contributed by atoms with van der Waals surface area (Å²) in [6.45, 7) is 5.08. The van der Waals surface area contributed by atoms with Crippen molar-refractivity contribution in [1.29, 1.82) is 0 Å². The number of nitrogens with zero attached hydrogens (tertiary/aromatic N) is 1. The SMILES string of the molecule is CC(C)Oc1ccccc1C(=O)NCC(=O)N1CCc2ccccc2C1. The zero-order valence-corrected chi connectivity index (χ0v) is 15.2. The van der Waals surface area contributed by atoms with Gasteiger partial charge >= 0.3 is 0 Å². The number of para-hydroxylation sites is 1. The van der Waals surface area contributed by atoms with Crippen molar-refractivity contribution in [3.63, 3.8) is 0 Å². The molecule has 0 fully saturated rings. The van der Waals surface area contributed by atoms with Gasteiger partial charge in [0.15, 0.2) is 0 Å². The van der Waals surface area contributed by atoms with Crippen molar-refractivity contribution in [1.82, 2.24) is 10.2 Å². The summed E-state index contributed by atoms with van der Waals surface area (Å²) in [5.74, 6) is 0.154. The van der Waals surface area contributed by atoms with Gasteiger partial charge in [-0.3, -0.25) is 9.59 Å². The van der Waals surface area contributed by atoms with E-state index in [1.165, 1.54) is 11.1 Å². The van der Waals surface area contributed by atoms with Gasteiger partial charge in [0.2, 0.25) is 5.91 Å². The minimum Gasteiger partial charge on any atom is -0.490 e. The summed E-state index contributed by atoms with van der Waals surface area (Å²) >= 11 is 0. The Labute approximate surface area is 154 Å². The molecule has 0 atom stereocenters. The zero-order chi connectivity index (χ0) is 18.5. The van der Waals surface area contributed by atoms with Crippen LogP contribution < -0.4 is 10.1 Å². The fraction of sp³-hybridized carbons (Fsp3) is 0.333. The lowest BCUT2D eigenvalue weighted by atomic mass is 10.00. The molecule has 2 aromatic rings. The Balaban J connectivity index is 1.59. The predicted molar refractivity (Wildman–Crippen MR) is 100 cm³/mol. The number of amides is 2. The van der Waals surface area contributed by atoms with Crippen LogP contribution in [-0.2, 0) is 17.8 Å².